The molecular formula is C11H13N5O2. The second kappa shape index (κ2) is 5.26. The number of carbonyl (C=O) groups excluding carboxylic acids is 1. The number of rotatable bonds is 4. The van der Waals surface area contributed by atoms with E-state index in [0.717, 1.165) is 12.2 Å². The third-order valence-corrected chi connectivity index (χ3v) is 2.12. The number of nitrogens with zero attached hydrogens (tertiary/aromatic N) is 3. The van der Waals surface area contributed by atoms with E-state index in [0.29, 0.717) is 5.89 Å². The van der Waals surface area contributed by atoms with Crippen LogP contribution in [0.4, 0.5) is 11.7 Å². The van der Waals surface area contributed by atoms with Gasteiger partial charge in [0.25, 0.3) is 5.91 Å². The van der Waals surface area contributed by atoms with Gasteiger partial charge in [-0.25, -0.2) is 4.98 Å². The summed E-state index contributed by atoms with van der Waals surface area (Å²) in [5.41, 5.74) is 1.15. The van der Waals surface area contributed by atoms with E-state index in [1.54, 1.807) is 25.3 Å². The summed E-state index contributed by atoms with van der Waals surface area (Å²) in [5.74, 6) is 0.00227. The predicted octanol–water partition coefficient (Wildman–Crippen LogP) is 1.46. The van der Waals surface area contributed by atoms with Crippen LogP contribution in [-0.4, -0.2) is 27.6 Å². The van der Waals surface area contributed by atoms with Gasteiger partial charge in [0.2, 0.25) is 5.89 Å². The van der Waals surface area contributed by atoms with Crippen molar-refractivity contribution < 1.29 is 9.21 Å². The molecule has 0 unspecified atom stereocenters. The molecule has 2 heterocycles. The van der Waals surface area contributed by atoms with Gasteiger partial charge in [-0.2, -0.15) is 0 Å². The van der Waals surface area contributed by atoms with Crippen LogP contribution < -0.4 is 10.6 Å². The highest BCUT2D eigenvalue weighted by molar-refractivity contribution is 6.01. The van der Waals surface area contributed by atoms with E-state index >= 15 is 0 Å². The topological polar surface area (TPSA) is 92.9 Å². The fraction of sp³-hybridized carbons (Fsp3) is 0.273. The molecule has 2 N–H and O–H groups in total. The zero-order valence-corrected chi connectivity index (χ0v) is 10.1. The molecule has 1 amide bonds. The largest absolute Gasteiger partial charge is 0.408 e. The first-order valence-corrected chi connectivity index (χ1v) is 5.50. The number of aryl methyl sites for hydroxylation is 1. The molecule has 94 valence electrons. The lowest BCUT2D eigenvalue weighted by molar-refractivity contribution is 0.101. The summed E-state index contributed by atoms with van der Waals surface area (Å²) < 4.78 is 5.04. The van der Waals surface area contributed by atoms with Gasteiger partial charge in [0, 0.05) is 13.5 Å². The van der Waals surface area contributed by atoms with Crippen LogP contribution in [0.1, 0.15) is 23.3 Å². The Morgan fingerprint density at radius 3 is 2.78 bits per heavy atom. The minimum absolute atomic E-state index is 0.0649. The highest BCUT2D eigenvalue weighted by atomic mass is 16.4. The van der Waals surface area contributed by atoms with Crippen LogP contribution in [-0.2, 0) is 0 Å². The minimum atomic E-state index is -0.387. The van der Waals surface area contributed by atoms with Crippen molar-refractivity contribution in [1.29, 1.82) is 0 Å². The van der Waals surface area contributed by atoms with Crippen LogP contribution in [0.3, 0.4) is 0 Å². The lowest BCUT2D eigenvalue weighted by Gasteiger charge is -2.03. The number of hydrogen-bond donors (Lipinski definition) is 2. The maximum atomic E-state index is 11.8. The summed E-state index contributed by atoms with van der Waals surface area (Å²) in [6.07, 6.45) is 1.59. The molecule has 2 aromatic heterocycles. The Hall–Kier alpha value is -2.44. The molecule has 7 heteroatoms. The highest BCUT2D eigenvalue weighted by Gasteiger charge is 2.11. The van der Waals surface area contributed by atoms with E-state index in [1.165, 1.54) is 0 Å². The first kappa shape index (κ1) is 12.0. The Morgan fingerprint density at radius 1 is 1.39 bits per heavy atom. The molecule has 2 aromatic rings. The number of pyridine rings is 1. The first-order chi connectivity index (χ1) is 8.69. The zero-order valence-electron chi connectivity index (χ0n) is 10.1. The second-order valence-corrected chi connectivity index (χ2v) is 3.54. The Labute approximate surface area is 104 Å². The number of amides is 1. The quantitative estimate of drug-likeness (QED) is 0.849. The lowest BCUT2D eigenvalue weighted by Crippen LogP contribution is -2.14. The Balaban J connectivity index is 2.04. The summed E-state index contributed by atoms with van der Waals surface area (Å²) >= 11 is 0. The van der Waals surface area contributed by atoms with Crippen LogP contribution in [0.5, 0.6) is 0 Å². The average molecular weight is 247 g/mol. The van der Waals surface area contributed by atoms with E-state index in [9.17, 15) is 4.79 Å². The molecule has 0 aromatic carbocycles. The third kappa shape index (κ3) is 2.82. The van der Waals surface area contributed by atoms with Gasteiger partial charge >= 0.3 is 6.01 Å². The van der Waals surface area contributed by atoms with Crippen molar-refractivity contribution in [1.82, 2.24) is 15.2 Å². The fourth-order valence-electron chi connectivity index (χ4n) is 1.35. The van der Waals surface area contributed by atoms with Crippen molar-refractivity contribution in [2.45, 2.75) is 13.8 Å². The number of nitrogens with one attached hydrogen (secondary N) is 2. The second-order valence-electron chi connectivity index (χ2n) is 3.54. The van der Waals surface area contributed by atoms with Gasteiger partial charge in [0.05, 0.1) is 11.9 Å². The number of aromatic nitrogens is 3. The summed E-state index contributed by atoms with van der Waals surface area (Å²) in [6, 6.07) is 3.47. The third-order valence-electron chi connectivity index (χ3n) is 2.12. The van der Waals surface area contributed by atoms with E-state index in [2.05, 4.69) is 25.8 Å². The van der Waals surface area contributed by atoms with Gasteiger partial charge in [-0.05, 0) is 19.1 Å². The van der Waals surface area contributed by atoms with Crippen LogP contribution in [0.2, 0.25) is 0 Å². The van der Waals surface area contributed by atoms with Crippen LogP contribution in [0.25, 0.3) is 0 Å². The summed E-state index contributed by atoms with van der Waals surface area (Å²) in [5, 5.41) is 12.8. The van der Waals surface area contributed by atoms with Crippen LogP contribution in [0, 0.1) is 6.92 Å². The molecule has 0 fully saturated rings. The lowest BCUT2D eigenvalue weighted by atomic mass is 10.3. The Kier molecular flexibility index (Phi) is 3.52. The van der Waals surface area contributed by atoms with Gasteiger partial charge < -0.3 is 9.73 Å². The number of anilines is 2. The smallest absolute Gasteiger partial charge is 0.322 e. The molecule has 2 rings (SSSR count). The highest BCUT2D eigenvalue weighted by Crippen LogP contribution is 2.09. The van der Waals surface area contributed by atoms with Crippen molar-refractivity contribution in [2.24, 2.45) is 0 Å². The molecule has 0 spiro atoms. The molecule has 18 heavy (non-hydrogen) atoms. The molecule has 0 aliphatic rings. The number of carbonyl (C=O) groups is 1. The summed E-state index contributed by atoms with van der Waals surface area (Å²) in [6.45, 7) is 4.43. The maximum absolute atomic E-state index is 11.8. The standard InChI is InChI=1S/C11H13N5O2/c1-3-12-8-4-5-9(13-6-8)10(17)14-11-16-15-7(2)18-11/h4-6,12H,3H2,1-2H3,(H,14,16,17). The molecule has 0 bridgehead atoms. The molecule has 0 radical (unpaired) electrons. The summed E-state index contributed by atoms with van der Waals surface area (Å²) in [4.78, 5) is 15.8. The van der Waals surface area contributed by atoms with Crippen LogP contribution in [0.15, 0.2) is 22.7 Å². The van der Waals surface area contributed by atoms with Gasteiger partial charge in [-0.15, -0.1) is 5.10 Å². The first-order valence-electron chi connectivity index (χ1n) is 5.50. The molecule has 7 nitrogen and oxygen atoms in total. The van der Waals surface area contributed by atoms with E-state index in [4.69, 9.17) is 4.42 Å². The fourth-order valence-corrected chi connectivity index (χ4v) is 1.35. The van der Waals surface area contributed by atoms with Gasteiger partial charge in [-0.3, -0.25) is 10.1 Å². The monoisotopic (exact) mass is 247 g/mol. The SMILES string of the molecule is CCNc1ccc(C(=O)Nc2nnc(C)o2)nc1. The Bertz CT molecular complexity index is 535. The molecule has 0 saturated carbocycles. The minimum Gasteiger partial charge on any atom is -0.408 e. The molecule has 0 aliphatic heterocycles. The Morgan fingerprint density at radius 2 is 2.22 bits per heavy atom. The zero-order chi connectivity index (χ0) is 13.0. The molecule has 0 atom stereocenters. The molecular weight excluding hydrogens is 234 g/mol. The van der Waals surface area contributed by atoms with Gasteiger partial charge in [-0.1, -0.05) is 5.10 Å². The predicted molar refractivity (Wildman–Crippen MR) is 65.4 cm³/mol. The van der Waals surface area contributed by atoms with Crippen molar-refractivity contribution in [3.05, 3.63) is 29.9 Å². The van der Waals surface area contributed by atoms with Crippen molar-refractivity contribution in [2.75, 3.05) is 17.2 Å². The average Bonchev–Trinajstić information content (AvgIpc) is 2.76. The van der Waals surface area contributed by atoms with Crippen molar-refractivity contribution >= 4 is 17.6 Å². The molecule has 0 saturated heterocycles. The summed E-state index contributed by atoms with van der Waals surface area (Å²) in [7, 11) is 0. The maximum Gasteiger partial charge on any atom is 0.322 e. The normalized spacial score (nSPS) is 10.1. The van der Waals surface area contributed by atoms with Gasteiger partial charge in [0.1, 0.15) is 5.69 Å². The van der Waals surface area contributed by atoms with E-state index in [1.807, 2.05) is 6.92 Å². The van der Waals surface area contributed by atoms with Crippen molar-refractivity contribution in [3.63, 3.8) is 0 Å². The van der Waals surface area contributed by atoms with E-state index < -0.39 is 0 Å². The van der Waals surface area contributed by atoms with Crippen molar-refractivity contribution in [3.8, 4) is 0 Å². The van der Waals surface area contributed by atoms with E-state index in [-0.39, 0.29) is 17.6 Å². The van der Waals surface area contributed by atoms with Gasteiger partial charge in [0.15, 0.2) is 0 Å². The number of hydrogen-bond acceptors (Lipinski definition) is 6. The van der Waals surface area contributed by atoms with Crippen LogP contribution >= 0.6 is 0 Å². The molecule has 0 aliphatic carbocycles.